The summed E-state index contributed by atoms with van der Waals surface area (Å²) in [6, 6.07) is 6.89. The lowest BCUT2D eigenvalue weighted by Crippen LogP contribution is -2.51. The summed E-state index contributed by atoms with van der Waals surface area (Å²) in [5.74, 6) is 0.502. The number of hydrogen-bond acceptors (Lipinski definition) is 2. The minimum Gasteiger partial charge on any atom is -0.366 e. The van der Waals surface area contributed by atoms with Gasteiger partial charge in [0, 0.05) is 31.6 Å². The summed E-state index contributed by atoms with van der Waals surface area (Å²) in [7, 11) is 0. The molecule has 0 aliphatic carbocycles. The molecule has 0 atom stereocenters. The minimum absolute atomic E-state index is 0.125. The van der Waals surface area contributed by atoms with Gasteiger partial charge < -0.3 is 9.80 Å². The van der Waals surface area contributed by atoms with E-state index in [4.69, 9.17) is 5.41 Å². The number of nitrogens with one attached hydrogen (secondary N) is 1. The van der Waals surface area contributed by atoms with Crippen molar-refractivity contribution in [3.8, 4) is 0 Å². The SMILES string of the molecule is CC(C)(C)C(=N)N1CCN(c2ccccc2F)CC1. The molecule has 0 saturated carbocycles. The van der Waals surface area contributed by atoms with Crippen molar-refractivity contribution in [2.24, 2.45) is 5.41 Å². The van der Waals surface area contributed by atoms with Gasteiger partial charge in [-0.25, -0.2) is 4.39 Å². The fourth-order valence-corrected chi connectivity index (χ4v) is 2.35. The van der Waals surface area contributed by atoms with E-state index in [0.29, 0.717) is 11.5 Å². The maximum atomic E-state index is 13.7. The van der Waals surface area contributed by atoms with Crippen molar-refractivity contribution in [3.63, 3.8) is 0 Å². The highest BCUT2D eigenvalue weighted by Gasteiger charge is 2.27. The van der Waals surface area contributed by atoms with Crippen LogP contribution in [0.3, 0.4) is 0 Å². The predicted octanol–water partition coefficient (Wildman–Crippen LogP) is 2.97. The zero-order valence-corrected chi connectivity index (χ0v) is 11.9. The molecule has 1 aromatic carbocycles. The highest BCUT2D eigenvalue weighted by atomic mass is 19.1. The third kappa shape index (κ3) is 3.06. The van der Waals surface area contributed by atoms with Crippen molar-refractivity contribution in [3.05, 3.63) is 30.1 Å². The molecule has 3 nitrogen and oxygen atoms in total. The Kier molecular flexibility index (Phi) is 3.78. The zero-order valence-electron chi connectivity index (χ0n) is 11.9. The number of halogens is 1. The molecular formula is C15H22FN3. The number of nitrogens with zero attached hydrogens (tertiary/aromatic N) is 2. The van der Waals surface area contributed by atoms with Gasteiger partial charge in [0.1, 0.15) is 11.7 Å². The third-order valence-corrected chi connectivity index (χ3v) is 3.50. The van der Waals surface area contributed by atoms with Gasteiger partial charge >= 0.3 is 0 Å². The van der Waals surface area contributed by atoms with Crippen LogP contribution in [0.15, 0.2) is 24.3 Å². The summed E-state index contributed by atoms with van der Waals surface area (Å²) in [5, 5.41) is 8.18. The number of para-hydroxylation sites is 1. The van der Waals surface area contributed by atoms with Crippen molar-refractivity contribution < 1.29 is 4.39 Å². The molecule has 0 aromatic heterocycles. The van der Waals surface area contributed by atoms with E-state index in [2.05, 4.69) is 30.6 Å². The summed E-state index contributed by atoms with van der Waals surface area (Å²) < 4.78 is 13.7. The maximum Gasteiger partial charge on any atom is 0.146 e. The second-order valence-corrected chi connectivity index (χ2v) is 6.02. The van der Waals surface area contributed by atoms with Gasteiger partial charge in [-0.2, -0.15) is 0 Å². The molecule has 104 valence electrons. The maximum absolute atomic E-state index is 13.7. The molecule has 0 unspecified atom stereocenters. The van der Waals surface area contributed by atoms with Gasteiger partial charge in [-0.05, 0) is 12.1 Å². The number of benzene rings is 1. The van der Waals surface area contributed by atoms with Gasteiger partial charge in [-0.1, -0.05) is 32.9 Å². The molecule has 2 rings (SSSR count). The molecule has 1 aliphatic rings. The van der Waals surface area contributed by atoms with Crippen LogP contribution in [0, 0.1) is 16.6 Å². The number of hydrogen-bond donors (Lipinski definition) is 1. The molecule has 1 N–H and O–H groups in total. The molecule has 1 fully saturated rings. The molecule has 19 heavy (non-hydrogen) atoms. The first-order valence-electron chi connectivity index (χ1n) is 6.73. The van der Waals surface area contributed by atoms with E-state index in [0.717, 1.165) is 26.2 Å². The topological polar surface area (TPSA) is 30.3 Å². The molecule has 0 amide bonds. The van der Waals surface area contributed by atoms with E-state index in [-0.39, 0.29) is 11.2 Å². The highest BCUT2D eigenvalue weighted by molar-refractivity contribution is 5.84. The monoisotopic (exact) mass is 263 g/mol. The first-order valence-corrected chi connectivity index (χ1v) is 6.73. The lowest BCUT2D eigenvalue weighted by atomic mass is 9.93. The largest absolute Gasteiger partial charge is 0.366 e. The molecule has 0 radical (unpaired) electrons. The van der Waals surface area contributed by atoms with Crippen LogP contribution in [-0.4, -0.2) is 36.9 Å². The van der Waals surface area contributed by atoms with Gasteiger partial charge in [0.25, 0.3) is 0 Å². The Hall–Kier alpha value is -1.58. The summed E-state index contributed by atoms with van der Waals surface area (Å²) in [5.41, 5.74) is 0.546. The number of rotatable bonds is 1. The van der Waals surface area contributed by atoms with Crippen LogP contribution >= 0.6 is 0 Å². The summed E-state index contributed by atoms with van der Waals surface area (Å²) in [6.07, 6.45) is 0. The number of amidine groups is 1. The molecule has 0 spiro atoms. The Morgan fingerprint density at radius 3 is 2.21 bits per heavy atom. The quantitative estimate of drug-likeness (QED) is 0.623. The van der Waals surface area contributed by atoms with E-state index in [1.807, 2.05) is 12.1 Å². The second-order valence-electron chi connectivity index (χ2n) is 6.02. The number of anilines is 1. The minimum atomic E-state index is -0.165. The van der Waals surface area contributed by atoms with Crippen LogP contribution < -0.4 is 4.90 Å². The summed E-state index contributed by atoms with van der Waals surface area (Å²) in [4.78, 5) is 4.15. The molecule has 4 heteroatoms. The Balaban J connectivity index is 2.00. The number of piperazine rings is 1. The van der Waals surface area contributed by atoms with Crippen LogP contribution in [0.25, 0.3) is 0 Å². The van der Waals surface area contributed by atoms with Crippen LogP contribution in [-0.2, 0) is 0 Å². The Bertz CT molecular complexity index is 457. The van der Waals surface area contributed by atoms with Crippen LogP contribution in [0.1, 0.15) is 20.8 Å². The van der Waals surface area contributed by atoms with Gasteiger partial charge in [0.2, 0.25) is 0 Å². The summed E-state index contributed by atoms with van der Waals surface area (Å²) >= 11 is 0. The van der Waals surface area contributed by atoms with Crippen molar-refractivity contribution >= 4 is 11.5 Å². The van der Waals surface area contributed by atoms with E-state index in [9.17, 15) is 4.39 Å². The van der Waals surface area contributed by atoms with E-state index >= 15 is 0 Å². The third-order valence-electron chi connectivity index (χ3n) is 3.50. The molecule has 1 saturated heterocycles. The zero-order chi connectivity index (χ0) is 14.0. The summed E-state index contributed by atoms with van der Waals surface area (Å²) in [6.45, 7) is 9.25. The van der Waals surface area contributed by atoms with E-state index in [1.54, 1.807) is 6.07 Å². The highest BCUT2D eigenvalue weighted by Crippen LogP contribution is 2.23. The standard InChI is InChI=1S/C15H22FN3/c1-15(2,3)14(17)19-10-8-18(9-11-19)13-7-5-4-6-12(13)16/h4-7,17H,8-11H2,1-3H3. The van der Waals surface area contributed by atoms with Crippen LogP contribution in [0.2, 0.25) is 0 Å². The van der Waals surface area contributed by atoms with Crippen LogP contribution in [0.5, 0.6) is 0 Å². The Labute approximate surface area is 114 Å². The molecular weight excluding hydrogens is 241 g/mol. The fourth-order valence-electron chi connectivity index (χ4n) is 2.35. The predicted molar refractivity (Wildman–Crippen MR) is 77.4 cm³/mol. The average Bonchev–Trinajstić information content (AvgIpc) is 2.38. The van der Waals surface area contributed by atoms with Gasteiger partial charge in [0.05, 0.1) is 5.69 Å². The fraction of sp³-hybridized carbons (Fsp3) is 0.533. The molecule has 1 aliphatic heterocycles. The lowest BCUT2D eigenvalue weighted by Gasteiger charge is -2.40. The van der Waals surface area contributed by atoms with Gasteiger partial charge in [0.15, 0.2) is 0 Å². The second kappa shape index (κ2) is 5.19. The van der Waals surface area contributed by atoms with Crippen molar-refractivity contribution in [1.82, 2.24) is 4.90 Å². The first-order chi connectivity index (χ1) is 8.89. The van der Waals surface area contributed by atoms with Crippen LogP contribution in [0.4, 0.5) is 10.1 Å². The van der Waals surface area contributed by atoms with E-state index < -0.39 is 0 Å². The lowest BCUT2D eigenvalue weighted by molar-refractivity contribution is 0.342. The Morgan fingerprint density at radius 1 is 1.11 bits per heavy atom. The van der Waals surface area contributed by atoms with Gasteiger partial charge in [-0.15, -0.1) is 0 Å². The van der Waals surface area contributed by atoms with Crippen molar-refractivity contribution in [2.45, 2.75) is 20.8 Å². The normalized spacial score (nSPS) is 16.6. The molecule has 1 heterocycles. The van der Waals surface area contributed by atoms with Crippen molar-refractivity contribution in [1.29, 1.82) is 5.41 Å². The first kappa shape index (κ1) is 13.8. The Morgan fingerprint density at radius 2 is 1.68 bits per heavy atom. The van der Waals surface area contributed by atoms with Gasteiger partial charge in [-0.3, -0.25) is 5.41 Å². The average molecular weight is 263 g/mol. The molecule has 1 aromatic rings. The van der Waals surface area contributed by atoms with E-state index in [1.165, 1.54) is 6.07 Å². The molecule has 0 bridgehead atoms. The van der Waals surface area contributed by atoms with Crippen molar-refractivity contribution in [2.75, 3.05) is 31.1 Å². The smallest absolute Gasteiger partial charge is 0.146 e.